The summed E-state index contributed by atoms with van der Waals surface area (Å²) in [6, 6.07) is 5.58. The predicted molar refractivity (Wildman–Crippen MR) is 102 cm³/mol. The number of nitrogens with zero attached hydrogens (tertiary/aromatic N) is 2. The Morgan fingerprint density at radius 3 is 2.58 bits per heavy atom. The number of benzene rings is 1. The highest BCUT2D eigenvalue weighted by Gasteiger charge is 2.35. The highest BCUT2D eigenvalue weighted by Crippen LogP contribution is 2.31. The average Bonchev–Trinajstić information content (AvgIpc) is 3.00. The summed E-state index contributed by atoms with van der Waals surface area (Å²) in [6.45, 7) is 8.97. The fourth-order valence-electron chi connectivity index (χ4n) is 3.04. The van der Waals surface area contributed by atoms with Gasteiger partial charge < -0.3 is 10.4 Å². The second-order valence-corrected chi connectivity index (χ2v) is 8.55. The molecule has 6 heteroatoms. The average molecular weight is 372 g/mol. The van der Waals surface area contributed by atoms with Crippen LogP contribution in [0.15, 0.2) is 23.3 Å². The molecule has 0 fully saturated rings. The van der Waals surface area contributed by atoms with E-state index in [9.17, 15) is 5.11 Å². The van der Waals surface area contributed by atoms with Gasteiger partial charge in [0.25, 0.3) is 0 Å². The van der Waals surface area contributed by atoms with E-state index in [1.807, 2.05) is 17.1 Å². The third kappa shape index (κ3) is 5.01. The Morgan fingerprint density at radius 2 is 2.04 bits per heavy atom. The van der Waals surface area contributed by atoms with Crippen LogP contribution in [0.2, 0.25) is 10.0 Å². The topological polar surface area (TPSA) is 47.9 Å². The molecule has 0 spiro atoms. The van der Waals surface area contributed by atoms with Crippen LogP contribution in [0, 0.1) is 11.3 Å². The van der Waals surface area contributed by atoms with Gasteiger partial charge in [0.15, 0.2) is 0 Å². The molecule has 4 nitrogen and oxygen atoms in total. The minimum Gasteiger partial charge on any atom is -0.390 e. The van der Waals surface area contributed by atoms with Crippen LogP contribution in [0.25, 0.3) is 0 Å². The van der Waals surface area contributed by atoms with E-state index in [1.54, 1.807) is 12.4 Å². The SMILES string of the molecule is CC(Cc1ccc(Cl)cc1Cl)CC(C(O)C(C)(C)C)N1CNC=N1. The Bertz CT molecular complexity index is 586. The Morgan fingerprint density at radius 1 is 1.33 bits per heavy atom. The van der Waals surface area contributed by atoms with Gasteiger partial charge in [0.05, 0.1) is 12.1 Å². The number of nitrogens with one attached hydrogen (secondary N) is 1. The van der Waals surface area contributed by atoms with Gasteiger partial charge in [0.1, 0.15) is 13.0 Å². The standard InChI is InChI=1S/C18H27Cl2N3O/c1-12(7-13-5-6-14(19)9-15(13)20)8-16(17(24)18(2,3)4)23-11-21-10-22-23/h5-6,9-10,12,16-17,24H,7-8,11H2,1-4H3,(H,21,22). The molecular formula is C18H27Cl2N3O. The molecule has 24 heavy (non-hydrogen) atoms. The van der Waals surface area contributed by atoms with Crippen LogP contribution in [0.1, 0.15) is 39.7 Å². The van der Waals surface area contributed by atoms with Gasteiger partial charge in [-0.25, -0.2) is 0 Å². The van der Waals surface area contributed by atoms with Crippen molar-refractivity contribution in [2.24, 2.45) is 16.4 Å². The second kappa shape index (κ2) is 7.94. The van der Waals surface area contributed by atoms with Crippen molar-refractivity contribution in [2.45, 2.75) is 52.7 Å². The highest BCUT2D eigenvalue weighted by atomic mass is 35.5. The largest absolute Gasteiger partial charge is 0.390 e. The molecule has 3 atom stereocenters. The van der Waals surface area contributed by atoms with Crippen molar-refractivity contribution < 1.29 is 5.11 Å². The van der Waals surface area contributed by atoms with Gasteiger partial charge in [-0.15, -0.1) is 0 Å². The van der Waals surface area contributed by atoms with Gasteiger partial charge in [-0.1, -0.05) is 57.0 Å². The monoisotopic (exact) mass is 371 g/mol. The van der Waals surface area contributed by atoms with Gasteiger partial charge >= 0.3 is 0 Å². The van der Waals surface area contributed by atoms with Crippen LogP contribution < -0.4 is 5.32 Å². The van der Waals surface area contributed by atoms with Crippen LogP contribution >= 0.6 is 23.2 Å². The summed E-state index contributed by atoms with van der Waals surface area (Å²) in [4.78, 5) is 0. The zero-order chi connectivity index (χ0) is 17.9. The van der Waals surface area contributed by atoms with E-state index in [0.717, 1.165) is 18.4 Å². The molecule has 0 saturated heterocycles. The number of hydrogen-bond acceptors (Lipinski definition) is 4. The van der Waals surface area contributed by atoms with Crippen molar-refractivity contribution in [3.8, 4) is 0 Å². The number of rotatable bonds is 6. The Labute approximate surface area is 154 Å². The third-order valence-electron chi connectivity index (χ3n) is 4.41. The van der Waals surface area contributed by atoms with E-state index in [4.69, 9.17) is 23.2 Å². The molecule has 0 aliphatic carbocycles. The summed E-state index contributed by atoms with van der Waals surface area (Å²) in [7, 11) is 0. The predicted octanol–water partition coefficient (Wildman–Crippen LogP) is 4.14. The minimum absolute atomic E-state index is 0.0441. The van der Waals surface area contributed by atoms with Crippen molar-refractivity contribution in [2.75, 3.05) is 6.67 Å². The summed E-state index contributed by atoms with van der Waals surface area (Å²) < 4.78 is 0. The van der Waals surface area contributed by atoms with E-state index < -0.39 is 6.10 Å². The molecule has 0 bridgehead atoms. The van der Waals surface area contributed by atoms with Crippen molar-refractivity contribution in [1.29, 1.82) is 0 Å². The molecule has 1 heterocycles. The molecule has 3 unspecified atom stereocenters. The van der Waals surface area contributed by atoms with Crippen LogP contribution in [0.3, 0.4) is 0 Å². The van der Waals surface area contributed by atoms with Crippen LogP contribution in [-0.2, 0) is 6.42 Å². The fraction of sp³-hybridized carbons (Fsp3) is 0.611. The lowest BCUT2D eigenvalue weighted by Gasteiger charge is -2.38. The number of aliphatic hydroxyl groups excluding tert-OH is 1. The molecule has 1 aromatic rings. The van der Waals surface area contributed by atoms with E-state index in [1.165, 1.54) is 0 Å². The lowest BCUT2D eigenvalue weighted by atomic mass is 9.80. The Balaban J connectivity index is 2.09. The molecular weight excluding hydrogens is 345 g/mol. The zero-order valence-corrected chi connectivity index (χ0v) is 16.3. The maximum Gasteiger partial charge on any atom is 0.110 e. The normalized spacial score (nSPS) is 18.4. The molecule has 0 aromatic heterocycles. The van der Waals surface area contributed by atoms with Gasteiger partial charge in [-0.2, -0.15) is 5.10 Å². The first-order valence-corrected chi connectivity index (χ1v) is 9.08. The van der Waals surface area contributed by atoms with Crippen molar-refractivity contribution in [1.82, 2.24) is 10.3 Å². The number of halogens is 2. The maximum atomic E-state index is 10.8. The van der Waals surface area contributed by atoms with Crippen molar-refractivity contribution >= 4 is 29.5 Å². The highest BCUT2D eigenvalue weighted by molar-refractivity contribution is 6.35. The third-order valence-corrected chi connectivity index (χ3v) is 5.00. The van der Waals surface area contributed by atoms with Crippen LogP contribution in [0.4, 0.5) is 0 Å². The first kappa shape index (κ1) is 19.4. The van der Waals surface area contributed by atoms with E-state index in [2.05, 4.69) is 38.1 Å². The summed E-state index contributed by atoms with van der Waals surface area (Å²) in [5.41, 5.74) is 0.876. The quantitative estimate of drug-likeness (QED) is 0.789. The summed E-state index contributed by atoms with van der Waals surface area (Å²) in [5.74, 6) is 0.349. The first-order valence-electron chi connectivity index (χ1n) is 8.33. The fourth-order valence-corrected chi connectivity index (χ4v) is 3.53. The number of hydrazone groups is 1. The summed E-state index contributed by atoms with van der Waals surface area (Å²) in [5, 5.41) is 21.5. The van der Waals surface area contributed by atoms with Crippen molar-refractivity contribution in [3.63, 3.8) is 0 Å². The molecule has 2 rings (SSSR count). The van der Waals surface area contributed by atoms with Gasteiger partial charge in [-0.3, -0.25) is 5.01 Å². The summed E-state index contributed by atoms with van der Waals surface area (Å²) >= 11 is 12.3. The Kier molecular flexibility index (Phi) is 6.40. The Hall–Kier alpha value is -0.970. The van der Waals surface area contributed by atoms with Gasteiger partial charge in [0.2, 0.25) is 0 Å². The van der Waals surface area contributed by atoms with Crippen LogP contribution in [0.5, 0.6) is 0 Å². The first-order chi connectivity index (χ1) is 11.2. The number of hydrogen-bond donors (Lipinski definition) is 2. The molecule has 2 N–H and O–H groups in total. The smallest absolute Gasteiger partial charge is 0.110 e. The van der Waals surface area contributed by atoms with E-state index >= 15 is 0 Å². The minimum atomic E-state index is -0.474. The van der Waals surface area contributed by atoms with Gasteiger partial charge in [-0.05, 0) is 41.9 Å². The van der Waals surface area contributed by atoms with Crippen molar-refractivity contribution in [3.05, 3.63) is 33.8 Å². The molecule has 1 aliphatic rings. The van der Waals surface area contributed by atoms with E-state index in [-0.39, 0.29) is 11.5 Å². The molecule has 134 valence electrons. The number of aliphatic hydroxyl groups is 1. The molecule has 0 saturated carbocycles. The lowest BCUT2D eigenvalue weighted by molar-refractivity contribution is -0.0251. The molecule has 0 radical (unpaired) electrons. The van der Waals surface area contributed by atoms with Crippen LogP contribution in [-0.4, -0.2) is 35.3 Å². The summed E-state index contributed by atoms with van der Waals surface area (Å²) in [6.07, 6.45) is 2.88. The molecule has 1 aromatic carbocycles. The lowest BCUT2D eigenvalue weighted by Crippen LogP contribution is -2.48. The maximum absolute atomic E-state index is 10.8. The zero-order valence-electron chi connectivity index (χ0n) is 14.8. The molecule has 1 aliphatic heterocycles. The van der Waals surface area contributed by atoms with Gasteiger partial charge in [0, 0.05) is 10.0 Å². The van der Waals surface area contributed by atoms with E-state index in [0.29, 0.717) is 22.6 Å². The molecule has 0 amide bonds. The second-order valence-electron chi connectivity index (χ2n) is 7.71.